The molecule has 0 aliphatic carbocycles. The summed E-state index contributed by atoms with van der Waals surface area (Å²) in [5, 5.41) is 39.8. The standard InChI is InChI=1S/C27H44N8O6/c1-18-24(28)33-25(29)23(32-18)26(40)34-27(30)31-11-3-2-4-19-5-7-22(8-6-19)41-15-14-35(12-9-20(38)16-36)13-10-21(39)17-37/h5-8,20-21,36-39H,2-4,9-17H2,1H3,(H4,28,29,33)(H3,30,31,34,40)/t20-,21?/m0/s1. The number of rotatable bonds is 18. The lowest BCUT2D eigenvalue weighted by atomic mass is 10.1. The summed E-state index contributed by atoms with van der Waals surface area (Å²) in [4.78, 5) is 26.5. The zero-order valence-corrected chi connectivity index (χ0v) is 23.6. The Hall–Kier alpha value is -3.56. The first-order valence-corrected chi connectivity index (χ1v) is 13.7. The molecular weight excluding hydrogens is 532 g/mol. The predicted octanol–water partition coefficient (Wildman–Crippen LogP) is -0.816. The molecule has 11 N–H and O–H groups in total. The zero-order valence-electron chi connectivity index (χ0n) is 23.6. The number of carbonyl (C=O) groups excluding carboxylic acids is 1. The summed E-state index contributed by atoms with van der Waals surface area (Å²) in [5.41, 5.74) is 18.7. The molecule has 41 heavy (non-hydrogen) atoms. The fourth-order valence-electron chi connectivity index (χ4n) is 3.79. The average molecular weight is 577 g/mol. The van der Waals surface area contributed by atoms with Gasteiger partial charge in [0.05, 0.1) is 31.1 Å². The second-order valence-electron chi connectivity index (χ2n) is 9.69. The number of benzene rings is 1. The molecule has 228 valence electrons. The first kappa shape index (κ1) is 33.6. The van der Waals surface area contributed by atoms with E-state index < -0.39 is 18.1 Å². The van der Waals surface area contributed by atoms with E-state index in [1.807, 2.05) is 29.2 Å². The quantitative estimate of drug-likeness (QED) is 0.0617. The molecule has 0 aliphatic rings. The van der Waals surface area contributed by atoms with E-state index in [9.17, 15) is 15.0 Å². The van der Waals surface area contributed by atoms with Crippen LogP contribution in [0.4, 0.5) is 11.6 Å². The lowest BCUT2D eigenvalue weighted by Crippen LogP contribution is -2.38. The van der Waals surface area contributed by atoms with Crippen molar-refractivity contribution in [3.63, 3.8) is 0 Å². The van der Waals surface area contributed by atoms with E-state index in [2.05, 4.69) is 20.3 Å². The van der Waals surface area contributed by atoms with E-state index in [-0.39, 0.29) is 36.5 Å². The van der Waals surface area contributed by atoms with Crippen LogP contribution < -0.4 is 27.3 Å². The molecule has 1 aromatic carbocycles. The van der Waals surface area contributed by atoms with Crippen molar-refractivity contribution in [2.75, 3.05) is 57.5 Å². The number of ether oxygens (including phenoxy) is 1. The maximum atomic E-state index is 12.3. The minimum atomic E-state index is -0.793. The molecule has 14 nitrogen and oxygen atoms in total. The van der Waals surface area contributed by atoms with Crippen LogP contribution in [0.1, 0.15) is 47.4 Å². The molecule has 0 bridgehead atoms. The molecule has 0 saturated heterocycles. The number of aliphatic hydroxyl groups is 4. The second-order valence-corrected chi connectivity index (χ2v) is 9.69. The maximum absolute atomic E-state index is 12.3. The SMILES string of the molecule is Cc1nc(C(=O)NC(N)=NCCCCc2ccc(OCCN(CCC(O)CO)CC[C@H](O)CO)cc2)c(N)nc1N. The number of nitrogens with one attached hydrogen (secondary N) is 1. The molecule has 2 atom stereocenters. The number of aliphatic imine (C=N–C) groups is 1. The number of unbranched alkanes of at least 4 members (excludes halogenated alkanes) is 1. The zero-order chi connectivity index (χ0) is 30.2. The summed E-state index contributed by atoms with van der Waals surface area (Å²) in [7, 11) is 0. The topological polar surface area (TPSA) is 239 Å². The van der Waals surface area contributed by atoms with Gasteiger partial charge in [0, 0.05) is 26.2 Å². The Morgan fingerprint density at radius 1 is 1.00 bits per heavy atom. The lowest BCUT2D eigenvalue weighted by Gasteiger charge is -2.24. The third-order valence-electron chi connectivity index (χ3n) is 6.32. The van der Waals surface area contributed by atoms with Gasteiger partial charge in [0.2, 0.25) is 0 Å². The van der Waals surface area contributed by atoms with Gasteiger partial charge in [0.15, 0.2) is 17.5 Å². The van der Waals surface area contributed by atoms with Gasteiger partial charge in [-0.3, -0.25) is 20.0 Å². The Balaban J connectivity index is 1.71. The van der Waals surface area contributed by atoms with Crippen molar-refractivity contribution < 1.29 is 30.0 Å². The molecule has 1 heterocycles. The number of guanidine groups is 1. The summed E-state index contributed by atoms with van der Waals surface area (Å²) in [6, 6.07) is 7.81. The summed E-state index contributed by atoms with van der Waals surface area (Å²) in [6.45, 7) is 3.53. The van der Waals surface area contributed by atoms with Crippen LogP contribution in [-0.2, 0) is 6.42 Å². The molecule has 1 amide bonds. The lowest BCUT2D eigenvalue weighted by molar-refractivity contribution is 0.0605. The van der Waals surface area contributed by atoms with Crippen molar-refractivity contribution in [3.8, 4) is 5.75 Å². The van der Waals surface area contributed by atoms with Crippen molar-refractivity contribution in [1.29, 1.82) is 0 Å². The van der Waals surface area contributed by atoms with E-state index >= 15 is 0 Å². The van der Waals surface area contributed by atoms with Gasteiger partial charge < -0.3 is 42.4 Å². The molecule has 0 fully saturated rings. The molecule has 1 unspecified atom stereocenters. The van der Waals surface area contributed by atoms with E-state index in [1.54, 1.807) is 6.92 Å². The predicted molar refractivity (Wildman–Crippen MR) is 156 cm³/mol. The molecule has 14 heteroatoms. The summed E-state index contributed by atoms with van der Waals surface area (Å²) in [5.74, 6) is 0.178. The smallest absolute Gasteiger partial charge is 0.280 e. The van der Waals surface area contributed by atoms with Gasteiger partial charge in [0.25, 0.3) is 5.91 Å². The second kappa shape index (κ2) is 18.0. The van der Waals surface area contributed by atoms with Gasteiger partial charge in [-0.2, -0.15) is 0 Å². The maximum Gasteiger partial charge on any atom is 0.280 e. The highest BCUT2D eigenvalue weighted by Gasteiger charge is 2.16. The van der Waals surface area contributed by atoms with Crippen LogP contribution in [0.3, 0.4) is 0 Å². The van der Waals surface area contributed by atoms with E-state index in [0.717, 1.165) is 30.6 Å². The Kier molecular flexibility index (Phi) is 14.8. The van der Waals surface area contributed by atoms with Crippen LogP contribution in [-0.4, -0.2) is 105 Å². The van der Waals surface area contributed by atoms with Crippen LogP contribution in [0.2, 0.25) is 0 Å². The number of aryl methyl sites for hydroxylation is 2. The van der Waals surface area contributed by atoms with Crippen LogP contribution >= 0.6 is 0 Å². The van der Waals surface area contributed by atoms with Gasteiger partial charge in [0.1, 0.15) is 18.2 Å². The van der Waals surface area contributed by atoms with Crippen molar-refractivity contribution >= 4 is 23.5 Å². The third kappa shape index (κ3) is 12.7. The number of nitrogens with two attached hydrogens (primary N) is 3. The average Bonchev–Trinajstić information content (AvgIpc) is 2.96. The highest BCUT2D eigenvalue weighted by atomic mass is 16.5. The van der Waals surface area contributed by atoms with Crippen molar-refractivity contribution in [1.82, 2.24) is 20.2 Å². The first-order valence-electron chi connectivity index (χ1n) is 13.7. The summed E-state index contributed by atoms with van der Waals surface area (Å²) in [6.07, 6.45) is 1.70. The van der Waals surface area contributed by atoms with E-state index in [4.69, 9.17) is 32.2 Å². The van der Waals surface area contributed by atoms with Gasteiger partial charge in [-0.1, -0.05) is 12.1 Å². The molecule has 0 aliphatic heterocycles. The Morgan fingerprint density at radius 3 is 2.24 bits per heavy atom. The third-order valence-corrected chi connectivity index (χ3v) is 6.32. The molecule has 1 aromatic heterocycles. The number of carbonyl (C=O) groups is 1. The van der Waals surface area contributed by atoms with Crippen molar-refractivity contribution in [2.45, 2.75) is 51.2 Å². The largest absolute Gasteiger partial charge is 0.492 e. The van der Waals surface area contributed by atoms with Gasteiger partial charge in [-0.15, -0.1) is 0 Å². The number of amides is 1. The van der Waals surface area contributed by atoms with Crippen LogP contribution in [0.15, 0.2) is 29.3 Å². The molecule has 0 saturated carbocycles. The number of hydrogen-bond acceptors (Lipinski definition) is 12. The van der Waals surface area contributed by atoms with E-state index in [0.29, 0.717) is 51.3 Å². The molecular formula is C27H44N8O6. The van der Waals surface area contributed by atoms with E-state index in [1.165, 1.54) is 0 Å². The Morgan fingerprint density at radius 2 is 1.63 bits per heavy atom. The molecule has 2 aromatic rings. The number of nitrogen functional groups attached to an aromatic ring is 2. The van der Waals surface area contributed by atoms with Crippen LogP contribution in [0.5, 0.6) is 5.75 Å². The Bertz CT molecular complexity index is 1090. The number of anilines is 2. The summed E-state index contributed by atoms with van der Waals surface area (Å²) >= 11 is 0. The van der Waals surface area contributed by atoms with Crippen LogP contribution in [0, 0.1) is 6.92 Å². The normalized spacial score (nSPS) is 13.3. The van der Waals surface area contributed by atoms with Crippen LogP contribution in [0.25, 0.3) is 0 Å². The van der Waals surface area contributed by atoms with Crippen molar-refractivity contribution in [2.24, 2.45) is 10.7 Å². The minimum Gasteiger partial charge on any atom is -0.492 e. The van der Waals surface area contributed by atoms with Gasteiger partial charge in [-0.05, 0) is 56.7 Å². The van der Waals surface area contributed by atoms with Gasteiger partial charge in [-0.25, -0.2) is 9.97 Å². The molecule has 2 rings (SSSR count). The fourth-order valence-corrected chi connectivity index (χ4v) is 3.79. The molecule has 0 spiro atoms. The number of aliphatic hydroxyl groups excluding tert-OH is 4. The highest BCUT2D eigenvalue weighted by molar-refractivity contribution is 6.06. The minimum absolute atomic E-state index is 0.0279. The highest BCUT2D eigenvalue weighted by Crippen LogP contribution is 2.15. The number of hydrogen-bond donors (Lipinski definition) is 8. The first-order chi connectivity index (χ1) is 19.6. The fraction of sp³-hybridized carbons (Fsp3) is 0.556. The monoisotopic (exact) mass is 576 g/mol. The molecule has 0 radical (unpaired) electrons. The Labute approximate surface area is 240 Å². The summed E-state index contributed by atoms with van der Waals surface area (Å²) < 4.78 is 5.86. The number of aromatic nitrogens is 2. The number of nitrogens with zero attached hydrogens (tertiary/aromatic N) is 4. The van der Waals surface area contributed by atoms with Gasteiger partial charge >= 0.3 is 0 Å². The van der Waals surface area contributed by atoms with Crippen molar-refractivity contribution in [3.05, 3.63) is 41.2 Å².